The molecule has 31 heavy (non-hydrogen) atoms. The van der Waals surface area contributed by atoms with Crippen LogP contribution in [0, 0.1) is 17.1 Å². The van der Waals surface area contributed by atoms with E-state index in [-0.39, 0.29) is 29.8 Å². The fourth-order valence-electron chi connectivity index (χ4n) is 2.93. The number of amides is 1. The Labute approximate surface area is 188 Å². The number of carbonyl (C=O) groups is 1. The lowest BCUT2D eigenvalue weighted by Gasteiger charge is -2.20. The zero-order valence-electron chi connectivity index (χ0n) is 16.7. The molecule has 6 nitrogen and oxygen atoms in total. The van der Waals surface area contributed by atoms with Crippen molar-refractivity contribution in [3.63, 3.8) is 0 Å². The highest BCUT2D eigenvalue weighted by Gasteiger charge is 2.36. The molecule has 4 rings (SSSR count). The molecule has 0 fully saturated rings. The highest BCUT2D eigenvalue weighted by atomic mass is 35.5. The minimum atomic E-state index is -0.538. The van der Waals surface area contributed by atoms with Crippen molar-refractivity contribution in [1.82, 2.24) is 5.01 Å². The Bertz CT molecular complexity index is 1180. The molecular formula is C22H18ClFN4O2S. The van der Waals surface area contributed by atoms with Gasteiger partial charge >= 0.3 is 0 Å². The number of benzene rings is 2. The molecule has 0 atom stereocenters. The maximum atomic E-state index is 13.9. The zero-order valence-corrected chi connectivity index (χ0v) is 18.3. The number of rotatable bonds is 5. The summed E-state index contributed by atoms with van der Waals surface area (Å²) >= 11 is 7.43. The maximum absolute atomic E-state index is 13.9. The molecule has 0 aromatic heterocycles. The SMILES string of the molecule is CC(C)C1=NN2C(=N)/C(=C\c3cc(Cl)ccc3OCc3ccccc3F)C(=O)N=C2S1. The zero-order chi connectivity index (χ0) is 22.1. The van der Waals surface area contributed by atoms with Gasteiger partial charge in [0, 0.05) is 22.1 Å². The van der Waals surface area contributed by atoms with Gasteiger partial charge in [0.15, 0.2) is 5.84 Å². The van der Waals surface area contributed by atoms with Gasteiger partial charge in [-0.15, -0.1) is 0 Å². The summed E-state index contributed by atoms with van der Waals surface area (Å²) in [5.74, 6) is -0.423. The number of hydrazone groups is 1. The molecule has 2 aliphatic heterocycles. The number of nitrogens with zero attached hydrogens (tertiary/aromatic N) is 3. The molecule has 0 unspecified atom stereocenters. The highest BCUT2D eigenvalue weighted by molar-refractivity contribution is 8.27. The largest absolute Gasteiger partial charge is 0.488 e. The second kappa shape index (κ2) is 8.64. The lowest BCUT2D eigenvalue weighted by Crippen LogP contribution is -2.35. The van der Waals surface area contributed by atoms with E-state index in [2.05, 4.69) is 10.1 Å². The second-order valence-electron chi connectivity index (χ2n) is 7.18. The molecule has 2 aliphatic rings. The van der Waals surface area contributed by atoms with E-state index in [4.69, 9.17) is 21.7 Å². The van der Waals surface area contributed by atoms with Gasteiger partial charge in [0.1, 0.15) is 23.2 Å². The molecule has 0 saturated carbocycles. The molecule has 0 spiro atoms. The molecule has 1 amide bonds. The van der Waals surface area contributed by atoms with Crippen LogP contribution in [0.3, 0.4) is 0 Å². The van der Waals surface area contributed by atoms with Gasteiger partial charge < -0.3 is 4.74 Å². The summed E-state index contributed by atoms with van der Waals surface area (Å²) in [6.07, 6.45) is 1.50. The minimum absolute atomic E-state index is 0.00296. The van der Waals surface area contributed by atoms with Crippen LogP contribution in [-0.4, -0.2) is 27.0 Å². The van der Waals surface area contributed by atoms with E-state index >= 15 is 0 Å². The Hall–Kier alpha value is -2.97. The third-order valence-electron chi connectivity index (χ3n) is 4.58. The van der Waals surface area contributed by atoms with Crippen molar-refractivity contribution in [2.45, 2.75) is 20.5 Å². The number of amidine groups is 2. The van der Waals surface area contributed by atoms with Crippen LogP contribution in [0.2, 0.25) is 5.02 Å². The number of hydrogen-bond donors (Lipinski definition) is 1. The quantitative estimate of drug-likeness (QED) is 0.616. The molecular weight excluding hydrogens is 439 g/mol. The summed E-state index contributed by atoms with van der Waals surface area (Å²) in [7, 11) is 0. The fourth-order valence-corrected chi connectivity index (χ4v) is 4.00. The van der Waals surface area contributed by atoms with Gasteiger partial charge in [0.05, 0.1) is 5.57 Å². The first-order valence-corrected chi connectivity index (χ1v) is 10.7. The third-order valence-corrected chi connectivity index (χ3v) is 6.02. The van der Waals surface area contributed by atoms with Crippen LogP contribution in [0.4, 0.5) is 4.39 Å². The topological polar surface area (TPSA) is 78.1 Å². The van der Waals surface area contributed by atoms with E-state index in [9.17, 15) is 9.18 Å². The van der Waals surface area contributed by atoms with Crippen LogP contribution >= 0.6 is 23.4 Å². The van der Waals surface area contributed by atoms with Crippen LogP contribution in [0.1, 0.15) is 25.0 Å². The van der Waals surface area contributed by atoms with Crippen LogP contribution in [0.15, 0.2) is 58.1 Å². The van der Waals surface area contributed by atoms with Crippen LogP contribution < -0.4 is 4.74 Å². The van der Waals surface area contributed by atoms with Gasteiger partial charge in [-0.2, -0.15) is 15.1 Å². The van der Waals surface area contributed by atoms with Crippen molar-refractivity contribution in [3.8, 4) is 5.75 Å². The predicted octanol–water partition coefficient (Wildman–Crippen LogP) is 5.33. The van der Waals surface area contributed by atoms with E-state index in [1.807, 2.05) is 13.8 Å². The molecule has 2 aromatic rings. The Morgan fingerprint density at radius 2 is 2.06 bits per heavy atom. The smallest absolute Gasteiger partial charge is 0.283 e. The summed E-state index contributed by atoms with van der Waals surface area (Å²) in [5, 5.41) is 15.8. The van der Waals surface area contributed by atoms with Gasteiger partial charge in [-0.1, -0.05) is 43.6 Å². The average molecular weight is 457 g/mol. The first-order chi connectivity index (χ1) is 14.8. The van der Waals surface area contributed by atoms with Crippen LogP contribution in [-0.2, 0) is 11.4 Å². The van der Waals surface area contributed by atoms with Gasteiger partial charge in [-0.05, 0) is 42.1 Å². The molecule has 2 heterocycles. The Kier molecular flexibility index (Phi) is 5.93. The average Bonchev–Trinajstić information content (AvgIpc) is 3.16. The summed E-state index contributed by atoms with van der Waals surface area (Å²) in [6, 6.07) is 11.2. The van der Waals surface area contributed by atoms with E-state index < -0.39 is 5.91 Å². The molecule has 0 radical (unpaired) electrons. The van der Waals surface area contributed by atoms with Crippen molar-refractivity contribution < 1.29 is 13.9 Å². The summed E-state index contributed by atoms with van der Waals surface area (Å²) in [6.45, 7) is 3.97. The maximum Gasteiger partial charge on any atom is 0.283 e. The highest BCUT2D eigenvalue weighted by Crippen LogP contribution is 2.32. The molecule has 0 saturated heterocycles. The number of nitrogens with one attached hydrogen (secondary N) is 1. The first kappa shape index (κ1) is 21.3. The number of carbonyl (C=O) groups excluding carboxylic acids is 1. The molecule has 0 bridgehead atoms. The van der Waals surface area contributed by atoms with Gasteiger partial charge in [-0.3, -0.25) is 10.2 Å². The van der Waals surface area contributed by atoms with Crippen LogP contribution in [0.5, 0.6) is 5.75 Å². The molecule has 0 aliphatic carbocycles. The fraction of sp³-hybridized carbons (Fsp3) is 0.182. The second-order valence-corrected chi connectivity index (χ2v) is 8.60. The van der Waals surface area contributed by atoms with E-state index in [0.717, 1.165) is 5.04 Å². The summed E-state index contributed by atoms with van der Waals surface area (Å²) in [4.78, 5) is 16.7. The Morgan fingerprint density at radius 1 is 1.29 bits per heavy atom. The minimum Gasteiger partial charge on any atom is -0.488 e. The number of thioether (sulfide) groups is 1. The van der Waals surface area contributed by atoms with E-state index in [1.54, 1.807) is 36.4 Å². The van der Waals surface area contributed by atoms with E-state index in [1.165, 1.54) is 28.9 Å². The molecule has 9 heteroatoms. The van der Waals surface area contributed by atoms with Gasteiger partial charge in [-0.25, -0.2) is 4.39 Å². The number of fused-ring (bicyclic) bond motifs is 1. The van der Waals surface area contributed by atoms with Crippen molar-refractivity contribution in [2.24, 2.45) is 16.0 Å². The third kappa shape index (κ3) is 4.40. The van der Waals surface area contributed by atoms with Crippen molar-refractivity contribution in [2.75, 3.05) is 0 Å². The monoisotopic (exact) mass is 456 g/mol. The van der Waals surface area contributed by atoms with Crippen molar-refractivity contribution in [1.29, 1.82) is 5.41 Å². The number of ether oxygens (including phenoxy) is 1. The van der Waals surface area contributed by atoms with Gasteiger partial charge in [0.25, 0.3) is 5.91 Å². The van der Waals surface area contributed by atoms with Gasteiger partial charge in [0.2, 0.25) is 5.17 Å². The lowest BCUT2D eigenvalue weighted by atomic mass is 10.1. The van der Waals surface area contributed by atoms with Crippen molar-refractivity contribution in [3.05, 3.63) is 70.0 Å². The Morgan fingerprint density at radius 3 is 2.81 bits per heavy atom. The standard InChI is InChI=1S/C22H18ClFN4O2S/c1-12(2)21-27-28-19(25)16(20(29)26-22(28)31-21)10-14-9-15(23)7-8-18(14)30-11-13-5-3-4-6-17(13)24/h3-10,12,25H,11H2,1-2H3/b16-10+,25-19?. The summed E-state index contributed by atoms with van der Waals surface area (Å²) < 4.78 is 19.7. The molecule has 1 N–H and O–H groups in total. The number of hydrogen-bond acceptors (Lipinski definition) is 5. The predicted molar refractivity (Wildman–Crippen MR) is 122 cm³/mol. The first-order valence-electron chi connectivity index (χ1n) is 9.49. The number of aliphatic imine (C=N–C) groups is 1. The Balaban J connectivity index is 1.65. The van der Waals surface area contributed by atoms with E-state index in [0.29, 0.717) is 27.1 Å². The van der Waals surface area contributed by atoms with Crippen LogP contribution in [0.25, 0.3) is 6.08 Å². The summed E-state index contributed by atoms with van der Waals surface area (Å²) in [5.41, 5.74) is 0.947. The normalized spacial score (nSPS) is 17.2. The molecule has 2 aromatic carbocycles. The lowest BCUT2D eigenvalue weighted by molar-refractivity contribution is -0.114. The van der Waals surface area contributed by atoms with Crippen molar-refractivity contribution >= 4 is 51.4 Å². The number of halogens is 2. The molecule has 158 valence electrons.